The lowest BCUT2D eigenvalue weighted by atomic mass is 9.96. The van der Waals surface area contributed by atoms with Gasteiger partial charge in [-0.3, -0.25) is 14.9 Å². The van der Waals surface area contributed by atoms with E-state index in [2.05, 4.69) is 0 Å². The minimum absolute atomic E-state index is 0.0884. The largest absolute Gasteiger partial charge is 0.391 e. The van der Waals surface area contributed by atoms with Gasteiger partial charge in [-0.15, -0.1) is 0 Å². The fraction of sp³-hybridized carbons (Fsp3) is 0.533. The first kappa shape index (κ1) is 15.4. The molecule has 1 aliphatic heterocycles. The molecule has 114 valence electrons. The third kappa shape index (κ3) is 3.21. The molecule has 6 heteroatoms. The zero-order valence-corrected chi connectivity index (χ0v) is 12.3. The van der Waals surface area contributed by atoms with Crippen LogP contribution in [0.25, 0.3) is 0 Å². The minimum Gasteiger partial charge on any atom is -0.391 e. The van der Waals surface area contributed by atoms with Gasteiger partial charge >= 0.3 is 0 Å². The van der Waals surface area contributed by atoms with Gasteiger partial charge in [0.15, 0.2) is 0 Å². The number of nitro groups is 1. The van der Waals surface area contributed by atoms with Gasteiger partial charge in [0.25, 0.3) is 11.6 Å². The average molecular weight is 292 g/mol. The van der Waals surface area contributed by atoms with Gasteiger partial charge in [0, 0.05) is 24.2 Å². The molecule has 0 aliphatic carbocycles. The summed E-state index contributed by atoms with van der Waals surface area (Å²) >= 11 is 0. The van der Waals surface area contributed by atoms with Gasteiger partial charge in [-0.1, -0.05) is 6.07 Å². The Labute approximate surface area is 123 Å². The van der Waals surface area contributed by atoms with Crippen LogP contribution in [-0.2, 0) is 0 Å². The van der Waals surface area contributed by atoms with Crippen molar-refractivity contribution in [2.45, 2.75) is 45.3 Å². The molecule has 0 saturated carbocycles. The van der Waals surface area contributed by atoms with Crippen LogP contribution in [0.2, 0.25) is 0 Å². The highest BCUT2D eigenvalue weighted by Crippen LogP contribution is 2.25. The molecule has 2 atom stereocenters. The second-order valence-corrected chi connectivity index (χ2v) is 5.56. The van der Waals surface area contributed by atoms with Crippen LogP contribution in [0.1, 0.15) is 42.1 Å². The van der Waals surface area contributed by atoms with E-state index >= 15 is 0 Å². The Kier molecular flexibility index (Phi) is 4.57. The first-order valence-corrected chi connectivity index (χ1v) is 7.16. The Morgan fingerprint density at radius 1 is 1.48 bits per heavy atom. The van der Waals surface area contributed by atoms with E-state index in [9.17, 15) is 20.0 Å². The van der Waals surface area contributed by atoms with Gasteiger partial charge in [-0.2, -0.15) is 0 Å². The Morgan fingerprint density at radius 2 is 2.19 bits per heavy atom. The molecule has 1 N–H and O–H groups in total. The highest BCUT2D eigenvalue weighted by molar-refractivity contribution is 5.96. The maximum absolute atomic E-state index is 12.7. The van der Waals surface area contributed by atoms with Gasteiger partial charge in [0.05, 0.1) is 17.1 Å². The number of nitro benzene ring substituents is 1. The molecule has 0 bridgehead atoms. The second kappa shape index (κ2) is 6.22. The molecule has 1 saturated heterocycles. The Balaban J connectivity index is 2.34. The molecule has 0 radical (unpaired) electrons. The maximum atomic E-state index is 12.7. The van der Waals surface area contributed by atoms with E-state index < -0.39 is 11.0 Å². The predicted molar refractivity (Wildman–Crippen MR) is 78.2 cm³/mol. The van der Waals surface area contributed by atoms with Gasteiger partial charge in [0.2, 0.25) is 0 Å². The fourth-order valence-corrected chi connectivity index (χ4v) is 2.82. The normalized spacial score (nSPS) is 20.1. The Morgan fingerprint density at radius 3 is 2.81 bits per heavy atom. The third-order valence-corrected chi connectivity index (χ3v) is 4.03. The van der Waals surface area contributed by atoms with Crippen molar-refractivity contribution in [3.63, 3.8) is 0 Å². The minimum atomic E-state index is -0.603. The number of non-ortho nitro benzene ring substituents is 1. The number of aliphatic hydroxyl groups is 1. The highest BCUT2D eigenvalue weighted by Gasteiger charge is 2.31. The third-order valence-electron chi connectivity index (χ3n) is 4.03. The molecule has 21 heavy (non-hydrogen) atoms. The molecule has 1 aromatic carbocycles. The van der Waals surface area contributed by atoms with Crippen molar-refractivity contribution in [2.75, 3.05) is 6.54 Å². The molecular weight excluding hydrogens is 272 g/mol. The standard InChI is InChI=1S/C15H20N2O4/c1-10-6-7-12(17(20)21)9-13(10)15(19)16-8-4-3-5-14(16)11(2)18/h6-7,9,11,14,18H,3-5,8H2,1-2H3. The number of amides is 1. The molecule has 2 unspecified atom stereocenters. The number of piperidine rings is 1. The van der Waals surface area contributed by atoms with Crippen molar-refractivity contribution < 1.29 is 14.8 Å². The number of carbonyl (C=O) groups excluding carboxylic acids is 1. The van der Waals surface area contributed by atoms with Crippen LogP contribution in [0.3, 0.4) is 0 Å². The summed E-state index contributed by atoms with van der Waals surface area (Å²) < 4.78 is 0. The van der Waals surface area contributed by atoms with Crippen LogP contribution in [-0.4, -0.2) is 39.5 Å². The summed E-state index contributed by atoms with van der Waals surface area (Å²) in [6.45, 7) is 4.02. The number of hydrogen-bond acceptors (Lipinski definition) is 4. The lowest BCUT2D eigenvalue weighted by Gasteiger charge is -2.37. The maximum Gasteiger partial charge on any atom is 0.270 e. The summed E-state index contributed by atoms with van der Waals surface area (Å²) in [5, 5.41) is 20.7. The molecule has 0 aromatic heterocycles. The molecule has 1 heterocycles. The van der Waals surface area contributed by atoms with E-state index in [1.54, 1.807) is 24.8 Å². The first-order chi connectivity index (χ1) is 9.91. The SMILES string of the molecule is Cc1ccc([N+](=O)[O-])cc1C(=O)N1CCCCC1C(C)O. The van der Waals surface area contributed by atoms with E-state index in [0.29, 0.717) is 17.7 Å². The van der Waals surface area contributed by atoms with E-state index in [1.807, 2.05) is 0 Å². The zero-order valence-electron chi connectivity index (χ0n) is 12.3. The number of rotatable bonds is 3. The van der Waals surface area contributed by atoms with E-state index in [0.717, 1.165) is 19.3 Å². The van der Waals surface area contributed by atoms with Gasteiger partial charge in [-0.25, -0.2) is 0 Å². The smallest absolute Gasteiger partial charge is 0.270 e. The van der Waals surface area contributed by atoms with Crippen LogP contribution in [0.5, 0.6) is 0 Å². The van der Waals surface area contributed by atoms with E-state index in [1.165, 1.54) is 12.1 Å². The fourth-order valence-electron chi connectivity index (χ4n) is 2.82. The van der Waals surface area contributed by atoms with E-state index in [-0.39, 0.29) is 17.6 Å². The summed E-state index contributed by atoms with van der Waals surface area (Å²) in [5.41, 5.74) is 0.965. The number of likely N-dealkylation sites (tertiary alicyclic amines) is 1. The molecule has 6 nitrogen and oxygen atoms in total. The van der Waals surface area contributed by atoms with Crippen LogP contribution in [0, 0.1) is 17.0 Å². The lowest BCUT2D eigenvalue weighted by molar-refractivity contribution is -0.384. The molecule has 2 rings (SSSR count). The van der Waals surface area contributed by atoms with Crippen molar-refractivity contribution in [1.29, 1.82) is 0 Å². The number of aliphatic hydroxyl groups excluding tert-OH is 1. The number of aryl methyl sites for hydroxylation is 1. The van der Waals surface area contributed by atoms with Crippen molar-refractivity contribution in [2.24, 2.45) is 0 Å². The number of nitrogens with zero attached hydrogens (tertiary/aromatic N) is 2. The van der Waals surface area contributed by atoms with Crippen LogP contribution >= 0.6 is 0 Å². The summed E-state index contributed by atoms with van der Waals surface area (Å²) in [6, 6.07) is 4.09. The van der Waals surface area contributed by atoms with Crippen molar-refractivity contribution in [3.8, 4) is 0 Å². The molecule has 1 fully saturated rings. The molecular formula is C15H20N2O4. The zero-order chi connectivity index (χ0) is 15.6. The average Bonchev–Trinajstić information content (AvgIpc) is 2.46. The second-order valence-electron chi connectivity index (χ2n) is 5.56. The number of benzene rings is 1. The Bertz CT molecular complexity index is 557. The van der Waals surface area contributed by atoms with Crippen LogP contribution in [0.4, 0.5) is 5.69 Å². The number of carbonyl (C=O) groups is 1. The van der Waals surface area contributed by atoms with Crippen molar-refractivity contribution in [3.05, 3.63) is 39.4 Å². The van der Waals surface area contributed by atoms with Gasteiger partial charge < -0.3 is 10.0 Å². The number of hydrogen-bond donors (Lipinski definition) is 1. The summed E-state index contributed by atoms with van der Waals surface area (Å²) in [7, 11) is 0. The first-order valence-electron chi connectivity index (χ1n) is 7.16. The summed E-state index contributed by atoms with van der Waals surface area (Å²) in [6.07, 6.45) is 2.03. The van der Waals surface area contributed by atoms with Gasteiger partial charge in [0.1, 0.15) is 0 Å². The topological polar surface area (TPSA) is 83.7 Å². The van der Waals surface area contributed by atoms with Crippen molar-refractivity contribution in [1.82, 2.24) is 4.90 Å². The van der Waals surface area contributed by atoms with Crippen molar-refractivity contribution >= 4 is 11.6 Å². The quantitative estimate of drug-likeness (QED) is 0.684. The monoisotopic (exact) mass is 292 g/mol. The molecule has 1 aromatic rings. The lowest BCUT2D eigenvalue weighted by Crippen LogP contribution is -2.49. The predicted octanol–water partition coefficient (Wildman–Crippen LogP) is 2.28. The molecule has 0 spiro atoms. The highest BCUT2D eigenvalue weighted by atomic mass is 16.6. The molecule has 1 amide bonds. The Hall–Kier alpha value is -1.95. The van der Waals surface area contributed by atoms with Crippen LogP contribution < -0.4 is 0 Å². The van der Waals surface area contributed by atoms with Gasteiger partial charge in [-0.05, 0) is 38.7 Å². The van der Waals surface area contributed by atoms with E-state index in [4.69, 9.17) is 0 Å². The summed E-state index contributed by atoms with van der Waals surface area (Å²) in [5.74, 6) is -0.234. The molecule has 1 aliphatic rings. The van der Waals surface area contributed by atoms with Crippen LogP contribution in [0.15, 0.2) is 18.2 Å². The summed E-state index contributed by atoms with van der Waals surface area (Å²) in [4.78, 5) is 24.7.